The first-order valence-electron chi connectivity index (χ1n) is 6.93. The maximum absolute atomic E-state index is 5.92. The van der Waals surface area contributed by atoms with Crippen molar-refractivity contribution in [1.29, 1.82) is 0 Å². The van der Waals surface area contributed by atoms with Gasteiger partial charge in [-0.3, -0.25) is 0 Å². The number of rotatable bonds is 4. The van der Waals surface area contributed by atoms with Crippen molar-refractivity contribution in [2.75, 3.05) is 19.7 Å². The first-order chi connectivity index (χ1) is 9.34. The Labute approximate surface area is 113 Å². The third kappa shape index (κ3) is 2.77. The normalized spacial score (nSPS) is 17.1. The zero-order chi connectivity index (χ0) is 13.1. The molecular formula is C14H20N4O. The van der Waals surface area contributed by atoms with E-state index >= 15 is 0 Å². The van der Waals surface area contributed by atoms with Crippen molar-refractivity contribution in [2.24, 2.45) is 7.05 Å². The molecule has 0 bridgehead atoms. The number of ether oxygens (including phenoxy) is 1. The van der Waals surface area contributed by atoms with Gasteiger partial charge in [-0.1, -0.05) is 0 Å². The van der Waals surface area contributed by atoms with Crippen molar-refractivity contribution in [3.63, 3.8) is 0 Å². The van der Waals surface area contributed by atoms with Gasteiger partial charge < -0.3 is 14.6 Å². The van der Waals surface area contributed by atoms with Crippen molar-refractivity contribution >= 4 is 11.2 Å². The molecule has 1 fully saturated rings. The molecule has 0 saturated carbocycles. The van der Waals surface area contributed by atoms with Gasteiger partial charge in [0.2, 0.25) is 0 Å². The summed E-state index contributed by atoms with van der Waals surface area (Å²) in [4.78, 5) is 8.95. The number of hydrogen-bond donors (Lipinski definition) is 1. The minimum atomic E-state index is 0.411. The number of pyridine rings is 1. The van der Waals surface area contributed by atoms with Crippen LogP contribution in [0.15, 0.2) is 18.3 Å². The summed E-state index contributed by atoms with van der Waals surface area (Å²) in [7, 11) is 2.02. The second-order valence-electron chi connectivity index (χ2n) is 5.00. The zero-order valence-corrected chi connectivity index (χ0v) is 11.3. The number of aromatic nitrogens is 3. The van der Waals surface area contributed by atoms with Crippen LogP contribution in [0.1, 0.15) is 18.7 Å². The number of hydrogen-bond acceptors (Lipinski definition) is 4. The van der Waals surface area contributed by atoms with Crippen LogP contribution >= 0.6 is 0 Å². The molecule has 0 atom stereocenters. The van der Waals surface area contributed by atoms with Gasteiger partial charge in [-0.2, -0.15) is 0 Å². The molecule has 5 heteroatoms. The summed E-state index contributed by atoms with van der Waals surface area (Å²) in [6.07, 6.45) is 5.29. The highest BCUT2D eigenvalue weighted by Crippen LogP contribution is 2.13. The second-order valence-corrected chi connectivity index (χ2v) is 5.00. The van der Waals surface area contributed by atoms with Crippen LogP contribution < -0.4 is 5.32 Å². The van der Waals surface area contributed by atoms with Crippen LogP contribution in [0.4, 0.5) is 0 Å². The quantitative estimate of drug-likeness (QED) is 0.899. The fraction of sp³-hybridized carbons (Fsp3) is 0.571. The van der Waals surface area contributed by atoms with Gasteiger partial charge in [-0.25, -0.2) is 9.97 Å². The SMILES string of the molecule is Cn1c(CCOC2CCNCC2)nc2cccnc21. The molecule has 1 N–H and O–H groups in total. The molecule has 102 valence electrons. The van der Waals surface area contributed by atoms with E-state index in [9.17, 15) is 0 Å². The minimum Gasteiger partial charge on any atom is -0.378 e. The molecule has 0 aliphatic carbocycles. The molecule has 0 amide bonds. The Hall–Kier alpha value is -1.46. The summed E-state index contributed by atoms with van der Waals surface area (Å²) in [5.41, 5.74) is 1.90. The maximum Gasteiger partial charge on any atom is 0.159 e. The molecule has 2 aromatic heterocycles. The predicted molar refractivity (Wildman–Crippen MR) is 74.1 cm³/mol. The second kappa shape index (κ2) is 5.67. The smallest absolute Gasteiger partial charge is 0.159 e. The van der Waals surface area contributed by atoms with Crippen LogP contribution in [0.2, 0.25) is 0 Å². The van der Waals surface area contributed by atoms with E-state index in [1.807, 2.05) is 19.2 Å². The van der Waals surface area contributed by atoms with Crippen LogP contribution in [0.25, 0.3) is 11.2 Å². The summed E-state index contributed by atoms with van der Waals surface area (Å²) in [6.45, 7) is 2.88. The molecule has 3 rings (SSSR count). The molecule has 0 radical (unpaired) electrons. The molecule has 1 aliphatic rings. The Morgan fingerprint density at radius 2 is 2.26 bits per heavy atom. The lowest BCUT2D eigenvalue weighted by atomic mass is 10.1. The number of imidazole rings is 1. The van der Waals surface area contributed by atoms with Crippen LogP contribution in [0.3, 0.4) is 0 Å². The van der Waals surface area contributed by atoms with Gasteiger partial charge in [0.1, 0.15) is 11.3 Å². The van der Waals surface area contributed by atoms with Gasteiger partial charge in [0.25, 0.3) is 0 Å². The van der Waals surface area contributed by atoms with Gasteiger partial charge in [0.15, 0.2) is 5.65 Å². The molecule has 1 saturated heterocycles. The van der Waals surface area contributed by atoms with E-state index < -0.39 is 0 Å². The monoisotopic (exact) mass is 260 g/mol. The van der Waals surface area contributed by atoms with Crippen LogP contribution in [-0.4, -0.2) is 40.3 Å². The van der Waals surface area contributed by atoms with Gasteiger partial charge in [0, 0.05) is 19.7 Å². The average molecular weight is 260 g/mol. The lowest BCUT2D eigenvalue weighted by Crippen LogP contribution is -2.32. The lowest BCUT2D eigenvalue weighted by molar-refractivity contribution is 0.0340. The molecule has 19 heavy (non-hydrogen) atoms. The third-order valence-corrected chi connectivity index (χ3v) is 3.69. The summed E-state index contributed by atoms with van der Waals surface area (Å²) in [5, 5.41) is 3.34. The maximum atomic E-state index is 5.92. The summed E-state index contributed by atoms with van der Waals surface area (Å²) >= 11 is 0. The van der Waals surface area contributed by atoms with Gasteiger partial charge in [-0.15, -0.1) is 0 Å². The number of aryl methyl sites for hydroxylation is 1. The molecule has 2 aromatic rings. The van der Waals surface area contributed by atoms with Gasteiger partial charge in [0.05, 0.1) is 12.7 Å². The highest BCUT2D eigenvalue weighted by atomic mass is 16.5. The molecule has 0 spiro atoms. The number of fused-ring (bicyclic) bond motifs is 1. The van der Waals surface area contributed by atoms with Gasteiger partial charge >= 0.3 is 0 Å². The Bertz CT molecular complexity index is 545. The summed E-state index contributed by atoms with van der Waals surface area (Å²) in [5.74, 6) is 1.04. The van der Waals surface area contributed by atoms with E-state index in [-0.39, 0.29) is 0 Å². The van der Waals surface area contributed by atoms with Crippen molar-refractivity contribution < 1.29 is 4.74 Å². The number of nitrogens with zero attached hydrogens (tertiary/aromatic N) is 3. The number of nitrogens with one attached hydrogen (secondary N) is 1. The Balaban J connectivity index is 1.60. The lowest BCUT2D eigenvalue weighted by Gasteiger charge is -2.22. The summed E-state index contributed by atoms with van der Waals surface area (Å²) in [6, 6.07) is 3.92. The highest BCUT2D eigenvalue weighted by Gasteiger charge is 2.14. The van der Waals surface area contributed by atoms with Crippen molar-refractivity contribution in [3.05, 3.63) is 24.2 Å². The first-order valence-corrected chi connectivity index (χ1v) is 6.93. The average Bonchev–Trinajstić information content (AvgIpc) is 2.78. The summed E-state index contributed by atoms with van der Waals surface area (Å²) < 4.78 is 7.98. The topological polar surface area (TPSA) is 52.0 Å². The molecule has 3 heterocycles. The van der Waals surface area contributed by atoms with E-state index in [0.717, 1.165) is 55.9 Å². The fourth-order valence-electron chi connectivity index (χ4n) is 2.57. The van der Waals surface area contributed by atoms with Crippen molar-refractivity contribution in [1.82, 2.24) is 19.9 Å². The fourth-order valence-corrected chi connectivity index (χ4v) is 2.57. The Morgan fingerprint density at radius 3 is 3.05 bits per heavy atom. The van der Waals surface area contributed by atoms with Crippen LogP contribution in [-0.2, 0) is 18.2 Å². The molecule has 1 aliphatic heterocycles. The Kier molecular flexibility index (Phi) is 3.75. The number of piperidine rings is 1. The van der Waals surface area contributed by atoms with Crippen molar-refractivity contribution in [3.8, 4) is 0 Å². The van der Waals surface area contributed by atoms with Gasteiger partial charge in [-0.05, 0) is 38.1 Å². The molecule has 0 unspecified atom stereocenters. The third-order valence-electron chi connectivity index (χ3n) is 3.69. The Morgan fingerprint density at radius 1 is 1.42 bits per heavy atom. The van der Waals surface area contributed by atoms with E-state index in [1.165, 1.54) is 0 Å². The van der Waals surface area contributed by atoms with E-state index in [1.54, 1.807) is 6.20 Å². The van der Waals surface area contributed by atoms with E-state index in [4.69, 9.17) is 4.74 Å². The highest BCUT2D eigenvalue weighted by molar-refractivity contribution is 5.70. The minimum absolute atomic E-state index is 0.411. The molecule has 5 nitrogen and oxygen atoms in total. The van der Waals surface area contributed by atoms with Crippen molar-refractivity contribution in [2.45, 2.75) is 25.4 Å². The standard InChI is InChI=1S/C14H20N4O/c1-18-13(17-12-3-2-7-16-14(12)18)6-10-19-11-4-8-15-9-5-11/h2-3,7,11,15H,4-6,8-10H2,1H3. The first kappa shape index (κ1) is 12.6. The van der Waals surface area contributed by atoms with Crippen LogP contribution in [0, 0.1) is 0 Å². The molecular weight excluding hydrogens is 240 g/mol. The van der Waals surface area contributed by atoms with Crippen LogP contribution in [0.5, 0.6) is 0 Å². The molecule has 0 aromatic carbocycles. The zero-order valence-electron chi connectivity index (χ0n) is 11.3. The van der Waals surface area contributed by atoms with E-state index in [0.29, 0.717) is 6.10 Å². The van der Waals surface area contributed by atoms with E-state index in [2.05, 4.69) is 19.9 Å². The largest absolute Gasteiger partial charge is 0.378 e. The predicted octanol–water partition coefficient (Wildman–Crippen LogP) is 1.28.